The highest BCUT2D eigenvalue weighted by molar-refractivity contribution is 7.89. The zero-order chi connectivity index (χ0) is 18.6. The van der Waals surface area contributed by atoms with Crippen LogP contribution in [-0.4, -0.2) is 37.8 Å². The Balaban J connectivity index is 2.11. The van der Waals surface area contributed by atoms with Crippen molar-refractivity contribution in [3.8, 4) is 0 Å². The van der Waals surface area contributed by atoms with Gasteiger partial charge >= 0.3 is 0 Å². The zero-order valence-electron chi connectivity index (χ0n) is 15.7. The fourth-order valence-corrected chi connectivity index (χ4v) is 4.46. The van der Waals surface area contributed by atoms with Gasteiger partial charge in [-0.05, 0) is 49.9 Å². The predicted molar refractivity (Wildman–Crippen MR) is 100 cm³/mol. The minimum Gasteiger partial charge on any atom is -0.349 e. The van der Waals surface area contributed by atoms with Crippen molar-refractivity contribution in [1.82, 2.24) is 9.62 Å². The second-order valence-corrected chi connectivity index (χ2v) is 9.34. The first-order valence-corrected chi connectivity index (χ1v) is 10.6. The molecule has 2 rings (SSSR count). The lowest BCUT2D eigenvalue weighted by Gasteiger charge is -2.30. The van der Waals surface area contributed by atoms with E-state index in [-0.39, 0.29) is 22.9 Å². The lowest BCUT2D eigenvalue weighted by molar-refractivity contribution is 0.0930. The molecule has 1 amide bonds. The van der Waals surface area contributed by atoms with Gasteiger partial charge in [0.2, 0.25) is 10.0 Å². The summed E-state index contributed by atoms with van der Waals surface area (Å²) in [7, 11) is -1.85. The van der Waals surface area contributed by atoms with E-state index in [2.05, 4.69) is 5.32 Å². The summed E-state index contributed by atoms with van der Waals surface area (Å²) >= 11 is 0. The number of rotatable bonds is 6. The molecular formula is C19H30N2O3S. The van der Waals surface area contributed by atoms with Crippen molar-refractivity contribution in [2.75, 3.05) is 7.05 Å². The van der Waals surface area contributed by atoms with Gasteiger partial charge in [0.15, 0.2) is 0 Å². The van der Waals surface area contributed by atoms with Crippen LogP contribution in [0.4, 0.5) is 0 Å². The third kappa shape index (κ3) is 4.82. The van der Waals surface area contributed by atoms with E-state index in [4.69, 9.17) is 0 Å². The van der Waals surface area contributed by atoms with Crippen molar-refractivity contribution in [3.05, 3.63) is 29.8 Å². The Morgan fingerprint density at radius 2 is 1.64 bits per heavy atom. The van der Waals surface area contributed by atoms with E-state index in [9.17, 15) is 13.2 Å². The van der Waals surface area contributed by atoms with E-state index < -0.39 is 10.0 Å². The summed E-state index contributed by atoms with van der Waals surface area (Å²) in [5, 5.41) is 2.93. The number of carbonyl (C=O) groups excluding carboxylic acids is 1. The maximum absolute atomic E-state index is 12.8. The molecule has 0 radical (unpaired) electrons. The van der Waals surface area contributed by atoms with Crippen molar-refractivity contribution < 1.29 is 13.2 Å². The first kappa shape index (κ1) is 19.9. The normalized spacial score (nSPS) is 17.7. The Labute approximate surface area is 151 Å². The summed E-state index contributed by atoms with van der Waals surface area (Å²) in [6.45, 7) is 6.05. The summed E-state index contributed by atoms with van der Waals surface area (Å²) in [4.78, 5) is 12.5. The largest absolute Gasteiger partial charge is 0.349 e. The van der Waals surface area contributed by atoms with E-state index in [1.165, 1.54) is 22.9 Å². The lowest BCUT2D eigenvalue weighted by Crippen LogP contribution is -2.38. The van der Waals surface area contributed by atoms with E-state index in [0.29, 0.717) is 11.5 Å². The molecule has 1 fully saturated rings. The lowest BCUT2D eigenvalue weighted by atomic mass is 9.96. The van der Waals surface area contributed by atoms with Crippen molar-refractivity contribution in [3.63, 3.8) is 0 Å². The maximum atomic E-state index is 12.8. The highest BCUT2D eigenvalue weighted by Gasteiger charge is 2.29. The van der Waals surface area contributed by atoms with Crippen molar-refractivity contribution in [1.29, 1.82) is 0 Å². The van der Waals surface area contributed by atoms with E-state index in [1.54, 1.807) is 19.2 Å². The van der Waals surface area contributed by atoms with Gasteiger partial charge in [-0.1, -0.05) is 33.1 Å². The first-order valence-electron chi connectivity index (χ1n) is 9.12. The van der Waals surface area contributed by atoms with Crippen LogP contribution in [0.5, 0.6) is 0 Å². The topological polar surface area (TPSA) is 66.5 Å². The molecule has 5 nitrogen and oxygen atoms in total. The molecule has 1 unspecified atom stereocenters. The van der Waals surface area contributed by atoms with Crippen molar-refractivity contribution in [2.24, 2.45) is 5.92 Å². The number of sulfonamides is 1. The van der Waals surface area contributed by atoms with Gasteiger partial charge in [0, 0.05) is 24.7 Å². The maximum Gasteiger partial charge on any atom is 0.251 e. The van der Waals surface area contributed by atoms with Crippen molar-refractivity contribution >= 4 is 15.9 Å². The fraction of sp³-hybridized carbons (Fsp3) is 0.632. The fourth-order valence-electron chi connectivity index (χ4n) is 3.04. The summed E-state index contributed by atoms with van der Waals surface area (Å²) in [6, 6.07) is 6.38. The average molecular weight is 367 g/mol. The van der Waals surface area contributed by atoms with E-state index >= 15 is 0 Å². The van der Waals surface area contributed by atoms with Gasteiger partial charge in [0.25, 0.3) is 5.91 Å². The molecule has 140 valence electrons. The minimum absolute atomic E-state index is 0.0633. The number of hydrogen-bond donors (Lipinski definition) is 1. The van der Waals surface area contributed by atoms with Crippen LogP contribution in [0.25, 0.3) is 0 Å². The summed E-state index contributed by atoms with van der Waals surface area (Å²) < 4.78 is 27.1. The number of nitrogens with one attached hydrogen (secondary N) is 1. The van der Waals surface area contributed by atoms with Gasteiger partial charge in [-0.3, -0.25) is 4.79 Å². The number of benzene rings is 1. The molecule has 1 aromatic rings. The van der Waals surface area contributed by atoms with Crippen LogP contribution in [-0.2, 0) is 10.0 Å². The third-order valence-corrected chi connectivity index (χ3v) is 7.17. The van der Waals surface area contributed by atoms with Crippen LogP contribution in [0.1, 0.15) is 63.2 Å². The number of amides is 1. The van der Waals surface area contributed by atoms with Gasteiger partial charge in [-0.2, -0.15) is 4.31 Å². The Kier molecular flexibility index (Phi) is 6.63. The number of hydrogen-bond acceptors (Lipinski definition) is 3. The van der Waals surface area contributed by atoms with Crippen LogP contribution < -0.4 is 5.32 Å². The summed E-state index contributed by atoms with van der Waals surface area (Å²) in [6.07, 6.45) is 5.19. The molecule has 6 heteroatoms. The van der Waals surface area contributed by atoms with Crippen LogP contribution in [0.15, 0.2) is 29.2 Å². The summed E-state index contributed by atoms with van der Waals surface area (Å²) in [5.41, 5.74) is 0.478. The van der Waals surface area contributed by atoms with Crippen LogP contribution >= 0.6 is 0 Å². The molecule has 1 aliphatic carbocycles. The molecule has 0 bridgehead atoms. The van der Waals surface area contributed by atoms with E-state index in [0.717, 1.165) is 25.7 Å². The van der Waals surface area contributed by atoms with Gasteiger partial charge in [0.1, 0.15) is 0 Å². The molecule has 0 spiro atoms. The molecule has 1 saturated carbocycles. The standard InChI is InChI=1S/C19H30N2O3S/c1-14(2)15(3)20-19(22)16-10-12-18(13-11-16)25(23,24)21(4)17-8-6-5-7-9-17/h10-15,17H,5-9H2,1-4H3,(H,20,22). The molecule has 0 aliphatic heterocycles. The van der Waals surface area contributed by atoms with Gasteiger partial charge in [0.05, 0.1) is 4.90 Å². The zero-order valence-corrected chi connectivity index (χ0v) is 16.5. The molecular weight excluding hydrogens is 336 g/mol. The molecule has 0 heterocycles. The number of carbonyl (C=O) groups is 1. The Bertz CT molecular complexity index is 677. The quantitative estimate of drug-likeness (QED) is 0.839. The monoisotopic (exact) mass is 366 g/mol. The average Bonchev–Trinajstić information content (AvgIpc) is 2.61. The molecule has 1 aromatic carbocycles. The smallest absolute Gasteiger partial charge is 0.251 e. The van der Waals surface area contributed by atoms with Crippen LogP contribution in [0, 0.1) is 5.92 Å². The van der Waals surface area contributed by atoms with Gasteiger partial charge in [-0.15, -0.1) is 0 Å². The number of nitrogens with zero attached hydrogens (tertiary/aromatic N) is 1. The second kappa shape index (κ2) is 8.32. The van der Waals surface area contributed by atoms with Crippen molar-refractivity contribution in [2.45, 2.75) is 69.9 Å². The highest BCUT2D eigenvalue weighted by atomic mass is 32.2. The molecule has 25 heavy (non-hydrogen) atoms. The third-order valence-electron chi connectivity index (χ3n) is 5.24. The Morgan fingerprint density at radius 1 is 1.08 bits per heavy atom. The first-order chi connectivity index (χ1) is 11.7. The molecule has 0 aromatic heterocycles. The minimum atomic E-state index is -3.52. The van der Waals surface area contributed by atoms with Gasteiger partial charge < -0.3 is 5.32 Å². The molecule has 1 aliphatic rings. The molecule has 1 N–H and O–H groups in total. The van der Waals surface area contributed by atoms with Gasteiger partial charge in [-0.25, -0.2) is 8.42 Å². The summed E-state index contributed by atoms with van der Waals surface area (Å²) in [5.74, 6) is 0.165. The molecule has 1 atom stereocenters. The Hall–Kier alpha value is -1.40. The van der Waals surface area contributed by atoms with Crippen LogP contribution in [0.3, 0.4) is 0 Å². The predicted octanol–water partition coefficient (Wildman–Crippen LogP) is 3.41. The highest BCUT2D eigenvalue weighted by Crippen LogP contribution is 2.26. The molecule has 0 saturated heterocycles. The SMILES string of the molecule is CC(C)C(C)NC(=O)c1ccc(S(=O)(=O)N(C)C2CCCCC2)cc1. The second-order valence-electron chi connectivity index (χ2n) is 7.34. The van der Waals surface area contributed by atoms with Crippen LogP contribution in [0.2, 0.25) is 0 Å². The Morgan fingerprint density at radius 3 is 2.16 bits per heavy atom. The van der Waals surface area contributed by atoms with E-state index in [1.807, 2.05) is 20.8 Å².